The zero-order valence-corrected chi connectivity index (χ0v) is 11.6. The standard InChI is InChI=1S/C12H14BrNO4/c1-2-17-12(16)8-4-3-7-14(8)11(15)9-5-6-10(13)18-9/h5-6,8H,2-4,7H2,1H3. The minimum absolute atomic E-state index is 0.234. The number of nitrogens with zero attached hydrogens (tertiary/aromatic N) is 1. The van der Waals surface area contributed by atoms with E-state index in [1.165, 1.54) is 4.90 Å². The predicted molar refractivity (Wildman–Crippen MR) is 67.1 cm³/mol. The largest absolute Gasteiger partial charge is 0.464 e. The van der Waals surface area contributed by atoms with E-state index < -0.39 is 6.04 Å². The Morgan fingerprint density at radius 3 is 2.94 bits per heavy atom. The van der Waals surface area contributed by atoms with Gasteiger partial charge < -0.3 is 14.1 Å². The van der Waals surface area contributed by atoms with Gasteiger partial charge in [-0.3, -0.25) is 4.79 Å². The molecule has 1 aliphatic rings. The van der Waals surface area contributed by atoms with Gasteiger partial charge in [-0.25, -0.2) is 4.79 Å². The third kappa shape index (κ3) is 2.58. The van der Waals surface area contributed by atoms with Gasteiger partial charge in [0.15, 0.2) is 10.4 Å². The van der Waals surface area contributed by atoms with E-state index in [2.05, 4.69) is 15.9 Å². The highest BCUT2D eigenvalue weighted by atomic mass is 79.9. The second-order valence-corrected chi connectivity index (χ2v) is 4.79. The predicted octanol–water partition coefficient (Wildman–Crippen LogP) is 2.21. The van der Waals surface area contributed by atoms with Crippen LogP contribution in [0, 0.1) is 0 Å². The van der Waals surface area contributed by atoms with Crippen LogP contribution in [0.5, 0.6) is 0 Å². The van der Waals surface area contributed by atoms with Crippen molar-refractivity contribution < 1.29 is 18.7 Å². The van der Waals surface area contributed by atoms with Crippen molar-refractivity contribution in [1.29, 1.82) is 0 Å². The fourth-order valence-corrected chi connectivity index (χ4v) is 2.37. The Bertz CT molecular complexity index is 457. The topological polar surface area (TPSA) is 59.8 Å². The molecule has 0 aromatic carbocycles. The molecule has 0 bridgehead atoms. The minimum atomic E-state index is -0.485. The molecule has 1 amide bonds. The number of ether oxygens (including phenoxy) is 1. The maximum atomic E-state index is 12.2. The Morgan fingerprint density at radius 2 is 2.33 bits per heavy atom. The number of rotatable bonds is 3. The molecule has 6 heteroatoms. The molecule has 0 aliphatic carbocycles. The zero-order chi connectivity index (χ0) is 13.1. The highest BCUT2D eigenvalue weighted by molar-refractivity contribution is 9.10. The lowest BCUT2D eigenvalue weighted by Crippen LogP contribution is -2.41. The monoisotopic (exact) mass is 315 g/mol. The van der Waals surface area contributed by atoms with E-state index in [9.17, 15) is 9.59 Å². The molecule has 0 saturated carbocycles. The Labute approximate surface area is 113 Å². The van der Waals surface area contributed by atoms with Crippen LogP contribution in [0.25, 0.3) is 0 Å². The quantitative estimate of drug-likeness (QED) is 0.802. The molecule has 1 aromatic rings. The number of hydrogen-bond acceptors (Lipinski definition) is 4. The summed E-state index contributed by atoms with van der Waals surface area (Å²) in [5.74, 6) is -0.372. The maximum Gasteiger partial charge on any atom is 0.328 e. The first-order chi connectivity index (χ1) is 8.63. The normalized spacial score (nSPS) is 19.0. The van der Waals surface area contributed by atoms with Crippen molar-refractivity contribution in [3.63, 3.8) is 0 Å². The number of amides is 1. The SMILES string of the molecule is CCOC(=O)C1CCCN1C(=O)c1ccc(Br)o1. The fourth-order valence-electron chi connectivity index (χ4n) is 2.06. The van der Waals surface area contributed by atoms with Crippen LogP contribution in [0.15, 0.2) is 21.2 Å². The van der Waals surface area contributed by atoms with Crippen LogP contribution in [-0.4, -0.2) is 36.0 Å². The number of halogens is 1. The van der Waals surface area contributed by atoms with Crippen LogP contribution < -0.4 is 0 Å². The molecule has 1 aliphatic heterocycles. The van der Waals surface area contributed by atoms with Gasteiger partial charge in [-0.05, 0) is 47.8 Å². The lowest BCUT2D eigenvalue weighted by molar-refractivity contribution is -0.147. The summed E-state index contributed by atoms with van der Waals surface area (Å²) in [5.41, 5.74) is 0. The zero-order valence-electron chi connectivity index (χ0n) is 10.0. The molecule has 0 N–H and O–H groups in total. The first-order valence-electron chi connectivity index (χ1n) is 5.86. The molecule has 1 fully saturated rings. The van der Waals surface area contributed by atoms with Gasteiger partial charge in [0.25, 0.3) is 5.91 Å². The van der Waals surface area contributed by atoms with Gasteiger partial charge in [0, 0.05) is 6.54 Å². The van der Waals surface area contributed by atoms with E-state index in [0.29, 0.717) is 24.2 Å². The summed E-state index contributed by atoms with van der Waals surface area (Å²) < 4.78 is 10.7. The Morgan fingerprint density at radius 1 is 1.56 bits per heavy atom. The van der Waals surface area contributed by atoms with E-state index in [1.807, 2.05) is 0 Å². The van der Waals surface area contributed by atoms with E-state index >= 15 is 0 Å². The minimum Gasteiger partial charge on any atom is -0.464 e. The van der Waals surface area contributed by atoms with Crippen molar-refractivity contribution in [2.45, 2.75) is 25.8 Å². The van der Waals surface area contributed by atoms with E-state index in [0.717, 1.165) is 6.42 Å². The number of hydrogen-bond donors (Lipinski definition) is 0. The summed E-state index contributed by atoms with van der Waals surface area (Å²) >= 11 is 3.15. The highest BCUT2D eigenvalue weighted by Crippen LogP contribution is 2.23. The van der Waals surface area contributed by atoms with Crippen LogP contribution in [0.1, 0.15) is 30.3 Å². The highest BCUT2D eigenvalue weighted by Gasteiger charge is 2.36. The third-order valence-electron chi connectivity index (χ3n) is 2.86. The van der Waals surface area contributed by atoms with Crippen LogP contribution >= 0.6 is 15.9 Å². The summed E-state index contributed by atoms with van der Waals surface area (Å²) in [6.45, 7) is 2.63. The Hall–Kier alpha value is -1.30. The van der Waals surface area contributed by atoms with E-state index in [-0.39, 0.29) is 17.6 Å². The summed E-state index contributed by atoms with van der Waals surface area (Å²) in [6, 6.07) is 2.76. The van der Waals surface area contributed by atoms with Crippen LogP contribution in [0.4, 0.5) is 0 Å². The molecule has 0 spiro atoms. The summed E-state index contributed by atoms with van der Waals surface area (Å²) in [6.07, 6.45) is 1.45. The second-order valence-electron chi connectivity index (χ2n) is 4.01. The number of furan rings is 1. The van der Waals surface area contributed by atoms with Gasteiger partial charge in [0.05, 0.1) is 6.61 Å². The molecule has 5 nitrogen and oxygen atoms in total. The summed E-state index contributed by atoms with van der Waals surface area (Å²) in [7, 11) is 0. The summed E-state index contributed by atoms with van der Waals surface area (Å²) in [5, 5.41) is 0. The average molecular weight is 316 g/mol. The average Bonchev–Trinajstić information content (AvgIpc) is 2.96. The lowest BCUT2D eigenvalue weighted by atomic mass is 10.2. The van der Waals surface area contributed by atoms with Gasteiger partial charge in [-0.1, -0.05) is 0 Å². The van der Waals surface area contributed by atoms with Gasteiger partial charge >= 0.3 is 5.97 Å². The van der Waals surface area contributed by atoms with Crippen LogP contribution in [-0.2, 0) is 9.53 Å². The Kier molecular flexibility index (Phi) is 4.06. The van der Waals surface area contributed by atoms with Crippen LogP contribution in [0.2, 0.25) is 0 Å². The number of carbonyl (C=O) groups is 2. The Balaban J connectivity index is 2.11. The first kappa shape index (κ1) is 13.1. The molecule has 1 atom stereocenters. The third-order valence-corrected chi connectivity index (χ3v) is 3.28. The molecule has 2 rings (SSSR count). The lowest BCUT2D eigenvalue weighted by Gasteiger charge is -2.21. The molecule has 1 saturated heterocycles. The maximum absolute atomic E-state index is 12.2. The molecule has 0 radical (unpaired) electrons. The number of esters is 1. The van der Waals surface area contributed by atoms with Gasteiger partial charge in [0.2, 0.25) is 0 Å². The van der Waals surface area contributed by atoms with Crippen molar-refractivity contribution in [3.8, 4) is 0 Å². The number of carbonyl (C=O) groups excluding carboxylic acids is 2. The molecular formula is C12H14BrNO4. The van der Waals surface area contributed by atoms with Crippen molar-refractivity contribution in [2.24, 2.45) is 0 Å². The molecule has 1 aromatic heterocycles. The van der Waals surface area contributed by atoms with Gasteiger partial charge in [0.1, 0.15) is 6.04 Å². The molecular weight excluding hydrogens is 302 g/mol. The first-order valence-corrected chi connectivity index (χ1v) is 6.65. The number of likely N-dealkylation sites (tertiary alicyclic amines) is 1. The van der Waals surface area contributed by atoms with E-state index in [1.54, 1.807) is 19.1 Å². The molecule has 98 valence electrons. The van der Waals surface area contributed by atoms with Crippen molar-refractivity contribution in [1.82, 2.24) is 4.90 Å². The van der Waals surface area contributed by atoms with Crippen molar-refractivity contribution >= 4 is 27.8 Å². The smallest absolute Gasteiger partial charge is 0.328 e. The molecule has 18 heavy (non-hydrogen) atoms. The molecule has 2 heterocycles. The molecule has 1 unspecified atom stereocenters. The van der Waals surface area contributed by atoms with Gasteiger partial charge in [-0.15, -0.1) is 0 Å². The van der Waals surface area contributed by atoms with Gasteiger partial charge in [-0.2, -0.15) is 0 Å². The van der Waals surface area contributed by atoms with Crippen molar-refractivity contribution in [2.75, 3.05) is 13.2 Å². The van der Waals surface area contributed by atoms with Crippen molar-refractivity contribution in [3.05, 3.63) is 22.6 Å². The summed E-state index contributed by atoms with van der Waals surface area (Å²) in [4.78, 5) is 25.4. The van der Waals surface area contributed by atoms with Crippen LogP contribution in [0.3, 0.4) is 0 Å². The fraction of sp³-hybridized carbons (Fsp3) is 0.500. The second kappa shape index (κ2) is 5.56. The van der Waals surface area contributed by atoms with E-state index in [4.69, 9.17) is 9.15 Å².